The summed E-state index contributed by atoms with van der Waals surface area (Å²) in [6.07, 6.45) is 1.90. The molecule has 0 spiro atoms. The first kappa shape index (κ1) is 12.8. The molecule has 0 bridgehead atoms. The number of carboxylic acids is 1. The molecule has 1 aliphatic carbocycles. The number of benzene rings is 1. The normalized spacial score (nSPS) is 17.6. The predicted molar refractivity (Wildman–Crippen MR) is 68.8 cm³/mol. The quantitative estimate of drug-likeness (QED) is 0.849. The first-order valence-electron chi connectivity index (χ1n) is 6.56. The molecule has 1 fully saturated rings. The van der Waals surface area contributed by atoms with Crippen LogP contribution in [0.5, 0.6) is 11.5 Å². The van der Waals surface area contributed by atoms with Gasteiger partial charge in [-0.2, -0.15) is 0 Å². The average molecular weight is 277 g/mol. The van der Waals surface area contributed by atoms with Gasteiger partial charge in [0.2, 0.25) is 6.79 Å². The molecule has 3 rings (SSSR count). The molecule has 1 saturated carbocycles. The van der Waals surface area contributed by atoms with Gasteiger partial charge in [0.25, 0.3) is 5.91 Å². The summed E-state index contributed by atoms with van der Waals surface area (Å²) in [6, 6.07) is 4.64. The molecule has 1 aliphatic heterocycles. The summed E-state index contributed by atoms with van der Waals surface area (Å²) in [5.74, 6) is 0.267. The summed E-state index contributed by atoms with van der Waals surface area (Å²) >= 11 is 0. The molecular formula is C14H15NO5. The molecule has 106 valence electrons. The Hall–Kier alpha value is -2.24. The van der Waals surface area contributed by atoms with Crippen molar-refractivity contribution in [3.05, 3.63) is 23.8 Å². The number of nitrogens with one attached hydrogen (secondary N) is 1. The Kier molecular flexibility index (Phi) is 3.22. The standard InChI is InChI=1S/C14H15NO5/c16-13(17)6-10(8-1-2-8)15-14(18)9-3-4-11-12(5-9)20-7-19-11/h3-5,8,10H,1-2,6-7H2,(H,15,18)(H,16,17). The topological polar surface area (TPSA) is 84.9 Å². The van der Waals surface area contributed by atoms with E-state index in [4.69, 9.17) is 14.6 Å². The van der Waals surface area contributed by atoms with Crippen LogP contribution in [-0.4, -0.2) is 29.8 Å². The minimum absolute atomic E-state index is 0.0407. The number of ether oxygens (including phenoxy) is 2. The Balaban J connectivity index is 1.70. The van der Waals surface area contributed by atoms with Gasteiger partial charge in [-0.05, 0) is 37.0 Å². The van der Waals surface area contributed by atoms with Gasteiger partial charge >= 0.3 is 5.97 Å². The maximum atomic E-state index is 12.2. The molecule has 1 amide bonds. The number of amides is 1. The van der Waals surface area contributed by atoms with Crippen molar-refractivity contribution in [2.45, 2.75) is 25.3 Å². The van der Waals surface area contributed by atoms with E-state index in [1.165, 1.54) is 0 Å². The zero-order valence-corrected chi connectivity index (χ0v) is 10.8. The van der Waals surface area contributed by atoms with Crippen LogP contribution >= 0.6 is 0 Å². The molecule has 2 N–H and O–H groups in total. The average Bonchev–Trinajstić information content (AvgIpc) is 3.15. The lowest BCUT2D eigenvalue weighted by atomic mass is 10.1. The third-order valence-corrected chi connectivity index (χ3v) is 3.54. The van der Waals surface area contributed by atoms with Crippen LogP contribution in [0.1, 0.15) is 29.6 Å². The minimum Gasteiger partial charge on any atom is -0.481 e. The molecular weight excluding hydrogens is 262 g/mol. The second-order valence-electron chi connectivity index (χ2n) is 5.08. The summed E-state index contributed by atoms with van der Waals surface area (Å²) in [6.45, 7) is 0.157. The third-order valence-electron chi connectivity index (χ3n) is 3.54. The third kappa shape index (κ3) is 2.68. The van der Waals surface area contributed by atoms with Crippen molar-refractivity contribution in [2.75, 3.05) is 6.79 Å². The Labute approximate surface area is 115 Å². The number of carbonyl (C=O) groups is 2. The summed E-state index contributed by atoms with van der Waals surface area (Å²) in [5, 5.41) is 11.7. The van der Waals surface area contributed by atoms with E-state index >= 15 is 0 Å². The molecule has 0 saturated heterocycles. The van der Waals surface area contributed by atoms with Crippen LogP contribution in [-0.2, 0) is 4.79 Å². The van der Waals surface area contributed by atoms with E-state index < -0.39 is 5.97 Å². The first-order chi connectivity index (χ1) is 9.63. The minimum atomic E-state index is -0.895. The summed E-state index contributed by atoms with van der Waals surface area (Å²) in [5.41, 5.74) is 0.449. The summed E-state index contributed by atoms with van der Waals surface area (Å²) in [4.78, 5) is 23.0. The van der Waals surface area contributed by atoms with Crippen LogP contribution in [0.4, 0.5) is 0 Å². The van der Waals surface area contributed by atoms with Gasteiger partial charge in [-0.1, -0.05) is 0 Å². The van der Waals surface area contributed by atoms with Gasteiger partial charge in [0.1, 0.15) is 0 Å². The van der Waals surface area contributed by atoms with E-state index in [-0.39, 0.29) is 31.1 Å². The van der Waals surface area contributed by atoms with Gasteiger partial charge in [-0.25, -0.2) is 0 Å². The van der Waals surface area contributed by atoms with E-state index in [9.17, 15) is 9.59 Å². The highest BCUT2D eigenvalue weighted by atomic mass is 16.7. The predicted octanol–water partition coefficient (Wildman–Crippen LogP) is 1.40. The van der Waals surface area contributed by atoms with Crippen LogP contribution < -0.4 is 14.8 Å². The van der Waals surface area contributed by atoms with Gasteiger partial charge in [0.15, 0.2) is 11.5 Å². The van der Waals surface area contributed by atoms with Crippen molar-refractivity contribution < 1.29 is 24.2 Å². The van der Waals surface area contributed by atoms with Gasteiger partial charge in [0, 0.05) is 11.6 Å². The molecule has 1 atom stereocenters. The number of aliphatic carboxylic acids is 1. The van der Waals surface area contributed by atoms with Gasteiger partial charge in [-0.15, -0.1) is 0 Å². The number of rotatable bonds is 5. The maximum absolute atomic E-state index is 12.2. The largest absolute Gasteiger partial charge is 0.481 e. The van der Waals surface area contributed by atoms with Gasteiger partial charge < -0.3 is 19.9 Å². The highest BCUT2D eigenvalue weighted by Crippen LogP contribution is 2.35. The van der Waals surface area contributed by atoms with Crippen LogP contribution in [0.2, 0.25) is 0 Å². The number of fused-ring (bicyclic) bond motifs is 1. The second-order valence-corrected chi connectivity index (χ2v) is 5.08. The summed E-state index contributed by atoms with van der Waals surface area (Å²) < 4.78 is 10.4. The van der Waals surface area contributed by atoms with E-state index in [2.05, 4.69) is 5.32 Å². The van der Waals surface area contributed by atoms with E-state index in [1.54, 1.807) is 18.2 Å². The molecule has 6 nitrogen and oxygen atoms in total. The smallest absolute Gasteiger partial charge is 0.305 e. The lowest BCUT2D eigenvalue weighted by Crippen LogP contribution is -2.38. The first-order valence-corrected chi connectivity index (χ1v) is 6.56. The van der Waals surface area contributed by atoms with E-state index in [1.807, 2.05) is 0 Å². The summed E-state index contributed by atoms with van der Waals surface area (Å²) in [7, 11) is 0. The molecule has 1 aromatic rings. The molecule has 0 radical (unpaired) electrons. The highest BCUT2D eigenvalue weighted by Gasteiger charge is 2.34. The maximum Gasteiger partial charge on any atom is 0.305 e. The lowest BCUT2D eigenvalue weighted by Gasteiger charge is -2.16. The monoisotopic (exact) mass is 277 g/mol. The van der Waals surface area contributed by atoms with Crippen molar-refractivity contribution >= 4 is 11.9 Å². The Morgan fingerprint density at radius 3 is 2.75 bits per heavy atom. The Morgan fingerprint density at radius 2 is 2.05 bits per heavy atom. The zero-order chi connectivity index (χ0) is 14.1. The fourth-order valence-corrected chi connectivity index (χ4v) is 2.31. The van der Waals surface area contributed by atoms with Crippen LogP contribution in [0.3, 0.4) is 0 Å². The van der Waals surface area contributed by atoms with Crippen molar-refractivity contribution in [1.29, 1.82) is 0 Å². The molecule has 2 aliphatic rings. The molecule has 1 aromatic carbocycles. The molecule has 1 unspecified atom stereocenters. The second kappa shape index (κ2) is 5.03. The Bertz CT molecular complexity index is 552. The molecule has 0 aromatic heterocycles. The van der Waals surface area contributed by atoms with E-state index in [0.717, 1.165) is 12.8 Å². The van der Waals surface area contributed by atoms with Crippen LogP contribution in [0, 0.1) is 5.92 Å². The van der Waals surface area contributed by atoms with Crippen molar-refractivity contribution in [3.8, 4) is 11.5 Å². The molecule has 20 heavy (non-hydrogen) atoms. The fraction of sp³-hybridized carbons (Fsp3) is 0.429. The number of carboxylic acid groups (broad SMARTS) is 1. The van der Waals surface area contributed by atoms with Crippen LogP contribution in [0.25, 0.3) is 0 Å². The van der Waals surface area contributed by atoms with Gasteiger partial charge in [0.05, 0.1) is 6.42 Å². The Morgan fingerprint density at radius 1 is 1.30 bits per heavy atom. The number of hydrogen-bond acceptors (Lipinski definition) is 4. The van der Waals surface area contributed by atoms with E-state index in [0.29, 0.717) is 17.1 Å². The SMILES string of the molecule is O=C(O)CC(NC(=O)c1ccc2c(c1)OCO2)C1CC1. The van der Waals surface area contributed by atoms with Crippen LogP contribution in [0.15, 0.2) is 18.2 Å². The number of carbonyl (C=O) groups excluding carboxylic acids is 1. The number of hydrogen-bond donors (Lipinski definition) is 2. The zero-order valence-electron chi connectivity index (χ0n) is 10.8. The fourth-order valence-electron chi connectivity index (χ4n) is 2.31. The van der Waals surface area contributed by atoms with Gasteiger partial charge in [-0.3, -0.25) is 9.59 Å². The molecule has 1 heterocycles. The van der Waals surface area contributed by atoms with Crippen molar-refractivity contribution in [1.82, 2.24) is 5.32 Å². The van der Waals surface area contributed by atoms with Crippen molar-refractivity contribution in [2.24, 2.45) is 5.92 Å². The van der Waals surface area contributed by atoms with Crippen molar-refractivity contribution in [3.63, 3.8) is 0 Å². The lowest BCUT2D eigenvalue weighted by molar-refractivity contribution is -0.137. The highest BCUT2D eigenvalue weighted by molar-refractivity contribution is 5.95. The molecule has 6 heteroatoms.